The van der Waals surface area contributed by atoms with E-state index < -0.39 is 23.3 Å². The molecule has 0 radical (unpaired) electrons. The molecule has 0 heterocycles. The Morgan fingerprint density at radius 2 is 1.89 bits per heavy atom. The zero-order valence-corrected chi connectivity index (χ0v) is 10.8. The first-order chi connectivity index (χ1) is 8.31. The summed E-state index contributed by atoms with van der Waals surface area (Å²) < 4.78 is 0. The number of rotatable bonds is 6. The number of hydrogen-bond acceptors (Lipinski definition) is 3. The fourth-order valence-corrected chi connectivity index (χ4v) is 1.49. The van der Waals surface area contributed by atoms with Crippen LogP contribution in [0.3, 0.4) is 0 Å². The topological polar surface area (TPSA) is 95.5 Å². The van der Waals surface area contributed by atoms with E-state index in [1.165, 1.54) is 26.7 Å². The Morgan fingerprint density at radius 1 is 1.28 bits per heavy atom. The summed E-state index contributed by atoms with van der Waals surface area (Å²) in [7, 11) is 0. The molecular formula is C12H20N2O4. The van der Waals surface area contributed by atoms with E-state index in [1.54, 1.807) is 0 Å². The van der Waals surface area contributed by atoms with Gasteiger partial charge in [-0.3, -0.25) is 14.9 Å². The molecule has 3 N–H and O–H groups in total. The number of carbonyl (C=O) groups excluding carboxylic acids is 2. The molecule has 1 rings (SSSR count). The average molecular weight is 256 g/mol. The monoisotopic (exact) mass is 256 g/mol. The van der Waals surface area contributed by atoms with Crippen molar-refractivity contribution in [2.75, 3.05) is 6.54 Å². The highest BCUT2D eigenvalue weighted by molar-refractivity contribution is 5.96. The van der Waals surface area contributed by atoms with Gasteiger partial charge in [0.1, 0.15) is 0 Å². The molecule has 6 nitrogen and oxygen atoms in total. The Morgan fingerprint density at radius 3 is 2.39 bits per heavy atom. The molecule has 102 valence electrons. The van der Waals surface area contributed by atoms with Crippen molar-refractivity contribution in [3.05, 3.63) is 0 Å². The zero-order valence-electron chi connectivity index (χ0n) is 10.8. The lowest BCUT2D eigenvalue weighted by Crippen LogP contribution is -2.42. The number of carbonyl (C=O) groups is 3. The van der Waals surface area contributed by atoms with Crippen LogP contribution in [0.25, 0.3) is 0 Å². The van der Waals surface area contributed by atoms with Crippen molar-refractivity contribution >= 4 is 17.9 Å². The summed E-state index contributed by atoms with van der Waals surface area (Å²) in [6, 6.07) is -0.554. The SMILES string of the molecule is CC(C)(CC(=O)NC(=O)NCCC1CC1)C(=O)O. The smallest absolute Gasteiger partial charge is 0.321 e. The normalized spacial score (nSPS) is 15.0. The second kappa shape index (κ2) is 5.84. The molecule has 0 bridgehead atoms. The maximum Gasteiger partial charge on any atom is 0.321 e. The Hall–Kier alpha value is -1.59. The summed E-state index contributed by atoms with van der Waals surface area (Å²) in [5, 5.41) is 13.6. The maximum atomic E-state index is 11.4. The predicted octanol–water partition coefficient (Wildman–Crippen LogP) is 1.11. The van der Waals surface area contributed by atoms with Crippen LogP contribution in [0.2, 0.25) is 0 Å². The van der Waals surface area contributed by atoms with Gasteiger partial charge in [-0.25, -0.2) is 4.79 Å². The molecule has 0 saturated heterocycles. The van der Waals surface area contributed by atoms with Crippen LogP contribution in [0, 0.1) is 11.3 Å². The van der Waals surface area contributed by atoms with Crippen LogP contribution in [-0.4, -0.2) is 29.6 Å². The number of urea groups is 1. The summed E-state index contributed by atoms with van der Waals surface area (Å²) in [6.45, 7) is 3.44. The molecule has 3 amide bonds. The summed E-state index contributed by atoms with van der Waals surface area (Å²) in [5.74, 6) is -0.926. The van der Waals surface area contributed by atoms with Crippen LogP contribution < -0.4 is 10.6 Å². The summed E-state index contributed by atoms with van der Waals surface area (Å²) in [4.78, 5) is 33.6. The largest absolute Gasteiger partial charge is 0.481 e. The third kappa shape index (κ3) is 5.16. The molecular weight excluding hydrogens is 236 g/mol. The summed E-state index contributed by atoms with van der Waals surface area (Å²) in [5.41, 5.74) is -1.17. The molecule has 1 fully saturated rings. The second-order valence-corrected chi connectivity index (χ2v) is 5.40. The van der Waals surface area contributed by atoms with Crippen molar-refractivity contribution in [2.45, 2.75) is 39.5 Å². The van der Waals surface area contributed by atoms with Crippen molar-refractivity contribution in [1.82, 2.24) is 10.6 Å². The minimum Gasteiger partial charge on any atom is -0.481 e. The molecule has 0 spiro atoms. The molecule has 1 aliphatic carbocycles. The van der Waals surface area contributed by atoms with Gasteiger partial charge >= 0.3 is 12.0 Å². The molecule has 1 aliphatic rings. The van der Waals surface area contributed by atoms with Gasteiger partial charge in [0.15, 0.2) is 0 Å². The van der Waals surface area contributed by atoms with Gasteiger partial charge in [0.05, 0.1) is 5.41 Å². The number of nitrogens with one attached hydrogen (secondary N) is 2. The fraction of sp³-hybridized carbons (Fsp3) is 0.750. The van der Waals surface area contributed by atoms with E-state index in [0.717, 1.165) is 6.42 Å². The first-order valence-electron chi connectivity index (χ1n) is 6.12. The van der Waals surface area contributed by atoms with E-state index in [9.17, 15) is 14.4 Å². The minimum atomic E-state index is -1.17. The number of carboxylic acid groups (broad SMARTS) is 1. The third-order valence-electron chi connectivity index (χ3n) is 2.97. The third-order valence-corrected chi connectivity index (χ3v) is 2.97. The predicted molar refractivity (Wildman–Crippen MR) is 64.9 cm³/mol. The quantitative estimate of drug-likeness (QED) is 0.663. The van der Waals surface area contributed by atoms with Crippen molar-refractivity contribution in [2.24, 2.45) is 11.3 Å². The van der Waals surface area contributed by atoms with Gasteiger partial charge < -0.3 is 10.4 Å². The average Bonchev–Trinajstić information content (AvgIpc) is 2.99. The molecule has 0 aliphatic heterocycles. The molecule has 0 atom stereocenters. The number of imide groups is 1. The van der Waals surface area contributed by atoms with E-state index in [4.69, 9.17) is 5.11 Å². The Bertz CT molecular complexity index is 348. The van der Waals surface area contributed by atoms with Crippen LogP contribution in [0.5, 0.6) is 0 Å². The van der Waals surface area contributed by atoms with Crippen LogP contribution >= 0.6 is 0 Å². The number of carboxylic acids is 1. The molecule has 6 heteroatoms. The summed E-state index contributed by atoms with van der Waals surface area (Å²) in [6.07, 6.45) is 3.14. The number of aliphatic carboxylic acids is 1. The van der Waals surface area contributed by atoms with E-state index in [2.05, 4.69) is 10.6 Å². The van der Waals surface area contributed by atoms with Crippen LogP contribution in [0.4, 0.5) is 4.79 Å². The standard InChI is InChI=1S/C12H20N2O4/c1-12(2,10(16)17)7-9(15)14-11(18)13-6-5-8-3-4-8/h8H,3-7H2,1-2H3,(H,16,17)(H2,13,14,15,18). The highest BCUT2D eigenvalue weighted by Crippen LogP contribution is 2.31. The van der Waals surface area contributed by atoms with Crippen LogP contribution in [-0.2, 0) is 9.59 Å². The van der Waals surface area contributed by atoms with Gasteiger partial charge in [0, 0.05) is 13.0 Å². The van der Waals surface area contributed by atoms with Crippen LogP contribution in [0.15, 0.2) is 0 Å². The van der Waals surface area contributed by atoms with Gasteiger partial charge in [-0.2, -0.15) is 0 Å². The van der Waals surface area contributed by atoms with Crippen molar-refractivity contribution in [1.29, 1.82) is 0 Å². The highest BCUT2D eigenvalue weighted by Gasteiger charge is 2.30. The van der Waals surface area contributed by atoms with Gasteiger partial charge in [0.2, 0.25) is 5.91 Å². The van der Waals surface area contributed by atoms with E-state index in [0.29, 0.717) is 12.5 Å². The lowest BCUT2D eigenvalue weighted by molar-refractivity contribution is -0.149. The van der Waals surface area contributed by atoms with Gasteiger partial charge in [0.25, 0.3) is 0 Å². The molecule has 18 heavy (non-hydrogen) atoms. The molecule has 0 unspecified atom stereocenters. The van der Waals surface area contributed by atoms with Gasteiger partial charge in [-0.05, 0) is 26.2 Å². The molecule has 0 aromatic rings. The molecule has 0 aromatic heterocycles. The highest BCUT2D eigenvalue weighted by atomic mass is 16.4. The first kappa shape index (κ1) is 14.5. The summed E-state index contributed by atoms with van der Waals surface area (Å²) >= 11 is 0. The van der Waals surface area contributed by atoms with Crippen molar-refractivity contribution in [3.8, 4) is 0 Å². The molecule has 0 aromatic carbocycles. The lowest BCUT2D eigenvalue weighted by Gasteiger charge is -2.17. The lowest BCUT2D eigenvalue weighted by atomic mass is 9.89. The zero-order chi connectivity index (χ0) is 13.8. The maximum absolute atomic E-state index is 11.4. The van der Waals surface area contributed by atoms with E-state index in [-0.39, 0.29) is 6.42 Å². The second-order valence-electron chi connectivity index (χ2n) is 5.40. The molecule has 1 saturated carbocycles. The van der Waals surface area contributed by atoms with Gasteiger partial charge in [-0.15, -0.1) is 0 Å². The van der Waals surface area contributed by atoms with Gasteiger partial charge in [-0.1, -0.05) is 12.8 Å². The Kier molecular flexibility index (Phi) is 4.69. The Labute approximate surface area is 106 Å². The van der Waals surface area contributed by atoms with E-state index in [1.807, 2.05) is 0 Å². The van der Waals surface area contributed by atoms with E-state index >= 15 is 0 Å². The Balaban J connectivity index is 2.21. The number of hydrogen-bond donors (Lipinski definition) is 3. The van der Waals surface area contributed by atoms with Crippen LogP contribution in [0.1, 0.15) is 39.5 Å². The van der Waals surface area contributed by atoms with Crippen molar-refractivity contribution < 1.29 is 19.5 Å². The fourth-order valence-electron chi connectivity index (χ4n) is 1.49. The van der Waals surface area contributed by atoms with Crippen molar-refractivity contribution in [3.63, 3.8) is 0 Å². The number of amides is 3. The first-order valence-corrected chi connectivity index (χ1v) is 6.12. The minimum absolute atomic E-state index is 0.224.